The fourth-order valence-corrected chi connectivity index (χ4v) is 3.35. The van der Waals surface area contributed by atoms with Crippen LogP contribution in [0.2, 0.25) is 0 Å². The molecule has 0 aromatic heterocycles. The van der Waals surface area contributed by atoms with Crippen LogP contribution in [-0.2, 0) is 9.09 Å². The third-order valence-electron chi connectivity index (χ3n) is 1.89. The SMILES string of the molecule is C#CC1CCP(=O)(OC)C1. The van der Waals surface area contributed by atoms with Crippen molar-refractivity contribution in [2.75, 3.05) is 19.4 Å². The van der Waals surface area contributed by atoms with Gasteiger partial charge in [0.05, 0.1) is 0 Å². The average molecular weight is 158 g/mol. The zero-order valence-electron chi connectivity index (χ0n) is 6.04. The van der Waals surface area contributed by atoms with Gasteiger partial charge in [-0.3, -0.25) is 4.57 Å². The molecule has 1 rings (SSSR count). The van der Waals surface area contributed by atoms with E-state index in [-0.39, 0.29) is 5.92 Å². The van der Waals surface area contributed by atoms with Gasteiger partial charge in [-0.1, -0.05) is 0 Å². The van der Waals surface area contributed by atoms with Gasteiger partial charge in [-0.2, -0.15) is 0 Å². The Kier molecular flexibility index (Phi) is 2.18. The Balaban J connectivity index is 2.60. The Labute approximate surface area is 61.4 Å². The molecule has 3 heteroatoms. The molecule has 10 heavy (non-hydrogen) atoms. The first kappa shape index (κ1) is 7.85. The maximum atomic E-state index is 11.4. The van der Waals surface area contributed by atoms with Crippen molar-refractivity contribution < 1.29 is 9.09 Å². The summed E-state index contributed by atoms with van der Waals surface area (Å²) in [5.41, 5.74) is 0. The monoisotopic (exact) mass is 158 g/mol. The molecule has 0 radical (unpaired) electrons. The summed E-state index contributed by atoms with van der Waals surface area (Å²) >= 11 is 0. The van der Waals surface area contributed by atoms with Crippen LogP contribution in [-0.4, -0.2) is 19.4 Å². The summed E-state index contributed by atoms with van der Waals surface area (Å²) in [6.07, 6.45) is 7.29. The van der Waals surface area contributed by atoms with Gasteiger partial charge in [-0.05, 0) is 6.42 Å². The van der Waals surface area contributed by atoms with Crippen molar-refractivity contribution in [2.24, 2.45) is 5.92 Å². The third-order valence-corrected chi connectivity index (χ3v) is 4.49. The third kappa shape index (κ3) is 1.42. The summed E-state index contributed by atoms with van der Waals surface area (Å²) in [6, 6.07) is 0. The second kappa shape index (κ2) is 2.78. The van der Waals surface area contributed by atoms with E-state index in [0.717, 1.165) is 6.42 Å². The zero-order chi connectivity index (χ0) is 7.61. The van der Waals surface area contributed by atoms with Gasteiger partial charge in [0.2, 0.25) is 7.37 Å². The van der Waals surface area contributed by atoms with Crippen LogP contribution in [0, 0.1) is 18.3 Å². The average Bonchev–Trinajstić information content (AvgIpc) is 2.33. The smallest absolute Gasteiger partial charge is 0.204 e. The summed E-state index contributed by atoms with van der Waals surface area (Å²) in [6.45, 7) is 0. The fourth-order valence-electron chi connectivity index (χ4n) is 1.17. The van der Waals surface area contributed by atoms with E-state index in [1.54, 1.807) is 0 Å². The van der Waals surface area contributed by atoms with Gasteiger partial charge >= 0.3 is 0 Å². The molecule has 56 valence electrons. The van der Waals surface area contributed by atoms with Gasteiger partial charge in [0, 0.05) is 25.4 Å². The number of terminal acetylenes is 1. The van der Waals surface area contributed by atoms with E-state index in [9.17, 15) is 4.57 Å². The minimum absolute atomic E-state index is 0.186. The van der Waals surface area contributed by atoms with E-state index >= 15 is 0 Å². The van der Waals surface area contributed by atoms with Crippen LogP contribution < -0.4 is 0 Å². The minimum Gasteiger partial charge on any atom is -0.332 e. The Morgan fingerprint density at radius 2 is 2.50 bits per heavy atom. The highest BCUT2D eigenvalue weighted by Crippen LogP contribution is 2.54. The molecule has 0 spiro atoms. The predicted octanol–water partition coefficient (Wildman–Crippen LogP) is 1.56. The Morgan fingerprint density at radius 3 is 2.80 bits per heavy atom. The van der Waals surface area contributed by atoms with E-state index < -0.39 is 7.37 Å². The van der Waals surface area contributed by atoms with E-state index in [1.165, 1.54) is 7.11 Å². The molecule has 2 nitrogen and oxygen atoms in total. The molecule has 0 amide bonds. The van der Waals surface area contributed by atoms with Crippen LogP contribution in [0.25, 0.3) is 0 Å². The van der Waals surface area contributed by atoms with E-state index in [1.807, 2.05) is 0 Å². The normalized spacial score (nSPS) is 39.4. The molecule has 0 aromatic carbocycles. The number of rotatable bonds is 1. The second-order valence-electron chi connectivity index (χ2n) is 2.56. The second-order valence-corrected chi connectivity index (χ2v) is 5.36. The lowest BCUT2D eigenvalue weighted by atomic mass is 10.1. The molecular formula is C7H11O2P. The number of hydrogen-bond acceptors (Lipinski definition) is 2. The van der Waals surface area contributed by atoms with Crippen molar-refractivity contribution in [3.8, 4) is 12.3 Å². The van der Waals surface area contributed by atoms with Gasteiger partial charge in [0.25, 0.3) is 0 Å². The lowest BCUT2D eigenvalue weighted by Gasteiger charge is -2.06. The van der Waals surface area contributed by atoms with E-state index in [4.69, 9.17) is 10.9 Å². The highest BCUT2D eigenvalue weighted by molar-refractivity contribution is 7.59. The van der Waals surface area contributed by atoms with Crippen LogP contribution in [0.1, 0.15) is 6.42 Å². The zero-order valence-corrected chi connectivity index (χ0v) is 6.93. The molecule has 0 aliphatic carbocycles. The largest absolute Gasteiger partial charge is 0.332 e. The standard InChI is InChI=1S/C7H11O2P/c1-3-7-4-5-10(8,6-7)9-2/h1,7H,4-6H2,2H3. The summed E-state index contributed by atoms with van der Waals surface area (Å²) in [7, 11) is -0.766. The summed E-state index contributed by atoms with van der Waals surface area (Å²) in [5.74, 6) is 2.79. The van der Waals surface area contributed by atoms with Gasteiger partial charge in [-0.15, -0.1) is 12.3 Å². The molecule has 1 heterocycles. The Bertz CT molecular complexity index is 204. The maximum absolute atomic E-state index is 11.4. The molecule has 1 fully saturated rings. The topological polar surface area (TPSA) is 26.3 Å². The predicted molar refractivity (Wildman–Crippen MR) is 41.3 cm³/mol. The molecule has 0 bridgehead atoms. The highest BCUT2D eigenvalue weighted by atomic mass is 31.2. The van der Waals surface area contributed by atoms with Gasteiger partial charge in [-0.25, -0.2) is 0 Å². The quantitative estimate of drug-likeness (QED) is 0.427. The highest BCUT2D eigenvalue weighted by Gasteiger charge is 2.32. The van der Waals surface area contributed by atoms with E-state index in [2.05, 4.69) is 5.92 Å². The summed E-state index contributed by atoms with van der Waals surface area (Å²) in [4.78, 5) is 0. The molecule has 1 saturated heterocycles. The summed E-state index contributed by atoms with van der Waals surface area (Å²) < 4.78 is 16.3. The molecule has 2 unspecified atom stereocenters. The van der Waals surface area contributed by atoms with Crippen molar-refractivity contribution in [2.45, 2.75) is 6.42 Å². The lowest BCUT2D eigenvalue weighted by Crippen LogP contribution is -1.93. The van der Waals surface area contributed by atoms with Gasteiger partial charge in [0.15, 0.2) is 0 Å². The lowest BCUT2D eigenvalue weighted by molar-refractivity contribution is 0.398. The molecule has 1 aliphatic rings. The first-order valence-electron chi connectivity index (χ1n) is 3.30. The first-order valence-corrected chi connectivity index (χ1v) is 5.29. The molecule has 0 aromatic rings. The Hall–Kier alpha value is -0.250. The molecule has 1 aliphatic heterocycles. The number of hydrogen-bond donors (Lipinski definition) is 0. The summed E-state index contributed by atoms with van der Waals surface area (Å²) in [5, 5.41) is 0. The molecule has 2 atom stereocenters. The van der Waals surface area contributed by atoms with Crippen LogP contribution >= 0.6 is 7.37 Å². The van der Waals surface area contributed by atoms with Crippen molar-refractivity contribution in [1.82, 2.24) is 0 Å². The van der Waals surface area contributed by atoms with Crippen LogP contribution in [0.5, 0.6) is 0 Å². The van der Waals surface area contributed by atoms with E-state index in [0.29, 0.717) is 12.3 Å². The van der Waals surface area contributed by atoms with Gasteiger partial charge in [0.1, 0.15) is 0 Å². The van der Waals surface area contributed by atoms with Crippen molar-refractivity contribution in [1.29, 1.82) is 0 Å². The minimum atomic E-state index is -2.27. The first-order chi connectivity index (χ1) is 4.70. The molecular weight excluding hydrogens is 147 g/mol. The molecule has 0 N–H and O–H groups in total. The fraction of sp³-hybridized carbons (Fsp3) is 0.714. The van der Waals surface area contributed by atoms with Crippen LogP contribution in [0.15, 0.2) is 0 Å². The van der Waals surface area contributed by atoms with Crippen molar-refractivity contribution >= 4 is 7.37 Å². The van der Waals surface area contributed by atoms with Crippen LogP contribution in [0.3, 0.4) is 0 Å². The Morgan fingerprint density at radius 1 is 1.80 bits per heavy atom. The van der Waals surface area contributed by atoms with Gasteiger partial charge < -0.3 is 4.52 Å². The van der Waals surface area contributed by atoms with Crippen molar-refractivity contribution in [3.05, 3.63) is 0 Å². The van der Waals surface area contributed by atoms with Crippen LogP contribution in [0.4, 0.5) is 0 Å². The maximum Gasteiger partial charge on any atom is 0.204 e. The molecule has 0 saturated carbocycles. The van der Waals surface area contributed by atoms with Crippen molar-refractivity contribution in [3.63, 3.8) is 0 Å².